The lowest BCUT2D eigenvalue weighted by Gasteiger charge is -2.36. The number of anilines is 1. The van der Waals surface area contributed by atoms with Crippen molar-refractivity contribution >= 4 is 27.4 Å². The molecule has 154 valence electrons. The van der Waals surface area contributed by atoms with Crippen LogP contribution in [-0.2, 0) is 14.8 Å². The highest BCUT2D eigenvalue weighted by Crippen LogP contribution is 2.20. The Balaban J connectivity index is 1.54. The van der Waals surface area contributed by atoms with Crippen LogP contribution >= 0.6 is 0 Å². The molecule has 1 aliphatic heterocycles. The molecule has 0 unspecified atom stereocenters. The van der Waals surface area contributed by atoms with E-state index in [2.05, 4.69) is 28.7 Å². The lowest BCUT2D eigenvalue weighted by molar-refractivity contribution is -0.130. The first kappa shape index (κ1) is 21.0. The van der Waals surface area contributed by atoms with Gasteiger partial charge in [0.25, 0.3) is 0 Å². The van der Waals surface area contributed by atoms with Gasteiger partial charge in [-0.05, 0) is 37.6 Å². The lowest BCUT2D eigenvalue weighted by atomic mass is 10.1. The standard InChI is InChI=1S/C21H25N3O4S/c1-16-5-3-4-6-20(16)23-11-13-24(14-12-23)21(26)15-22-29(27,28)19-9-7-18(8-10-19)17(2)25/h3-10,22H,11-15H2,1-2H3. The molecule has 1 fully saturated rings. The number of nitrogens with zero attached hydrogens (tertiary/aromatic N) is 2. The van der Waals surface area contributed by atoms with E-state index in [0.717, 1.165) is 5.69 Å². The van der Waals surface area contributed by atoms with Crippen LogP contribution in [0.5, 0.6) is 0 Å². The van der Waals surface area contributed by atoms with Crippen molar-refractivity contribution in [1.29, 1.82) is 0 Å². The molecule has 0 aliphatic carbocycles. The second kappa shape index (κ2) is 8.75. The Morgan fingerprint density at radius 2 is 1.59 bits per heavy atom. The number of hydrogen-bond acceptors (Lipinski definition) is 5. The first-order valence-corrected chi connectivity index (χ1v) is 11.0. The van der Waals surface area contributed by atoms with Crippen molar-refractivity contribution in [2.75, 3.05) is 37.6 Å². The number of rotatable bonds is 6. The molecule has 0 saturated carbocycles. The minimum Gasteiger partial charge on any atom is -0.368 e. The van der Waals surface area contributed by atoms with Gasteiger partial charge in [-0.15, -0.1) is 0 Å². The van der Waals surface area contributed by atoms with E-state index in [4.69, 9.17) is 0 Å². The molecule has 3 rings (SSSR count). The van der Waals surface area contributed by atoms with Gasteiger partial charge in [-0.25, -0.2) is 13.1 Å². The number of amides is 1. The second-order valence-corrected chi connectivity index (χ2v) is 8.83. The SMILES string of the molecule is CC(=O)c1ccc(S(=O)(=O)NCC(=O)N2CCN(c3ccccc3C)CC2)cc1. The fraction of sp³-hybridized carbons (Fsp3) is 0.333. The highest BCUT2D eigenvalue weighted by molar-refractivity contribution is 7.89. The van der Waals surface area contributed by atoms with Crippen molar-refractivity contribution in [3.8, 4) is 0 Å². The van der Waals surface area contributed by atoms with E-state index >= 15 is 0 Å². The summed E-state index contributed by atoms with van der Waals surface area (Å²) in [5, 5.41) is 0. The van der Waals surface area contributed by atoms with Gasteiger partial charge in [0.15, 0.2) is 5.78 Å². The molecule has 2 aromatic rings. The molecule has 0 atom stereocenters. The fourth-order valence-electron chi connectivity index (χ4n) is 3.34. The third kappa shape index (κ3) is 5.02. The molecule has 0 aromatic heterocycles. The van der Waals surface area contributed by atoms with Gasteiger partial charge in [-0.1, -0.05) is 30.3 Å². The Labute approximate surface area is 171 Å². The zero-order valence-corrected chi connectivity index (χ0v) is 17.4. The van der Waals surface area contributed by atoms with Crippen LogP contribution in [0, 0.1) is 6.92 Å². The summed E-state index contributed by atoms with van der Waals surface area (Å²) < 4.78 is 27.2. The van der Waals surface area contributed by atoms with E-state index in [1.807, 2.05) is 12.1 Å². The number of piperazine rings is 1. The Morgan fingerprint density at radius 3 is 2.17 bits per heavy atom. The quantitative estimate of drug-likeness (QED) is 0.728. The van der Waals surface area contributed by atoms with Crippen LogP contribution in [0.3, 0.4) is 0 Å². The third-order valence-electron chi connectivity index (χ3n) is 5.07. The molecular weight excluding hydrogens is 390 g/mol. The van der Waals surface area contributed by atoms with Gasteiger partial charge in [0.2, 0.25) is 15.9 Å². The molecular formula is C21H25N3O4S. The number of nitrogens with one attached hydrogen (secondary N) is 1. The molecule has 7 nitrogen and oxygen atoms in total. The summed E-state index contributed by atoms with van der Waals surface area (Å²) in [4.78, 5) is 27.7. The zero-order chi connectivity index (χ0) is 21.0. The molecule has 0 radical (unpaired) electrons. The van der Waals surface area contributed by atoms with Crippen LogP contribution < -0.4 is 9.62 Å². The number of benzene rings is 2. The molecule has 0 spiro atoms. The minimum absolute atomic E-state index is 0.0275. The molecule has 1 amide bonds. The van der Waals surface area contributed by atoms with Gasteiger partial charge in [-0.3, -0.25) is 9.59 Å². The Hall–Kier alpha value is -2.71. The van der Waals surface area contributed by atoms with E-state index in [1.165, 1.54) is 36.8 Å². The van der Waals surface area contributed by atoms with Crippen LogP contribution in [-0.4, -0.2) is 57.7 Å². The summed E-state index contributed by atoms with van der Waals surface area (Å²) in [6, 6.07) is 13.8. The average molecular weight is 416 g/mol. The van der Waals surface area contributed by atoms with E-state index in [-0.39, 0.29) is 23.1 Å². The first-order valence-electron chi connectivity index (χ1n) is 9.47. The summed E-state index contributed by atoms with van der Waals surface area (Å²) >= 11 is 0. The number of carbonyl (C=O) groups is 2. The normalized spacial score (nSPS) is 14.7. The van der Waals surface area contributed by atoms with Crippen LogP contribution in [0.1, 0.15) is 22.8 Å². The maximum atomic E-state index is 12.5. The van der Waals surface area contributed by atoms with Crippen molar-refractivity contribution in [1.82, 2.24) is 9.62 Å². The van der Waals surface area contributed by atoms with Crippen LogP contribution in [0.25, 0.3) is 0 Å². The Bertz CT molecular complexity index is 995. The number of para-hydroxylation sites is 1. The molecule has 1 saturated heterocycles. The van der Waals surface area contributed by atoms with Crippen molar-refractivity contribution in [3.05, 3.63) is 59.7 Å². The number of ketones is 1. The monoisotopic (exact) mass is 415 g/mol. The largest absolute Gasteiger partial charge is 0.368 e. The molecule has 1 N–H and O–H groups in total. The highest BCUT2D eigenvalue weighted by atomic mass is 32.2. The molecule has 29 heavy (non-hydrogen) atoms. The fourth-order valence-corrected chi connectivity index (χ4v) is 4.31. The topological polar surface area (TPSA) is 86.8 Å². The number of hydrogen-bond donors (Lipinski definition) is 1. The van der Waals surface area contributed by atoms with Gasteiger partial charge in [0.05, 0.1) is 11.4 Å². The molecule has 8 heteroatoms. The smallest absolute Gasteiger partial charge is 0.241 e. The predicted octanol–water partition coefficient (Wildman–Crippen LogP) is 1.82. The Morgan fingerprint density at radius 1 is 0.966 bits per heavy atom. The van der Waals surface area contributed by atoms with Crippen molar-refractivity contribution in [2.24, 2.45) is 0 Å². The van der Waals surface area contributed by atoms with E-state index in [0.29, 0.717) is 31.7 Å². The number of sulfonamides is 1. The lowest BCUT2D eigenvalue weighted by Crippen LogP contribution is -2.51. The summed E-state index contributed by atoms with van der Waals surface area (Å²) in [5.74, 6) is -0.389. The summed E-state index contributed by atoms with van der Waals surface area (Å²) in [6.07, 6.45) is 0. The molecule has 0 bridgehead atoms. The number of aryl methyl sites for hydroxylation is 1. The average Bonchev–Trinajstić information content (AvgIpc) is 2.72. The van der Waals surface area contributed by atoms with Gasteiger partial charge in [0.1, 0.15) is 0 Å². The van der Waals surface area contributed by atoms with E-state index < -0.39 is 10.0 Å². The summed E-state index contributed by atoms with van der Waals surface area (Å²) in [6.45, 7) is 5.68. The summed E-state index contributed by atoms with van der Waals surface area (Å²) in [5.41, 5.74) is 2.79. The molecule has 1 heterocycles. The van der Waals surface area contributed by atoms with Crippen molar-refractivity contribution < 1.29 is 18.0 Å². The zero-order valence-electron chi connectivity index (χ0n) is 16.6. The maximum Gasteiger partial charge on any atom is 0.241 e. The molecule has 2 aromatic carbocycles. The van der Waals surface area contributed by atoms with Crippen molar-refractivity contribution in [3.63, 3.8) is 0 Å². The minimum atomic E-state index is -3.82. The van der Waals surface area contributed by atoms with E-state index in [1.54, 1.807) is 4.90 Å². The van der Waals surface area contributed by atoms with Crippen molar-refractivity contribution in [2.45, 2.75) is 18.7 Å². The summed E-state index contributed by atoms with van der Waals surface area (Å²) in [7, 11) is -3.82. The van der Waals surface area contributed by atoms with Crippen LogP contribution in [0.4, 0.5) is 5.69 Å². The van der Waals surface area contributed by atoms with Gasteiger partial charge >= 0.3 is 0 Å². The molecule has 1 aliphatic rings. The third-order valence-corrected chi connectivity index (χ3v) is 6.49. The van der Waals surface area contributed by atoms with Gasteiger partial charge < -0.3 is 9.80 Å². The van der Waals surface area contributed by atoms with Gasteiger partial charge in [0, 0.05) is 37.4 Å². The Kier molecular flexibility index (Phi) is 6.34. The highest BCUT2D eigenvalue weighted by Gasteiger charge is 2.23. The maximum absolute atomic E-state index is 12.5. The number of Topliss-reactive ketones (excluding diaryl/α,β-unsaturated/α-hetero) is 1. The first-order chi connectivity index (χ1) is 13.8. The van der Waals surface area contributed by atoms with E-state index in [9.17, 15) is 18.0 Å². The van der Waals surface area contributed by atoms with Gasteiger partial charge in [-0.2, -0.15) is 0 Å². The predicted molar refractivity (Wildman–Crippen MR) is 112 cm³/mol. The van der Waals surface area contributed by atoms with Crippen LogP contribution in [0.2, 0.25) is 0 Å². The second-order valence-electron chi connectivity index (χ2n) is 7.06. The van der Waals surface area contributed by atoms with Crippen LogP contribution in [0.15, 0.2) is 53.4 Å². The number of carbonyl (C=O) groups excluding carboxylic acids is 2.